The fourth-order valence-corrected chi connectivity index (χ4v) is 1.47. The Morgan fingerprint density at radius 3 is 1.71 bits per heavy atom. The summed E-state index contributed by atoms with van der Waals surface area (Å²) in [6.45, 7) is 0. The average Bonchev–Trinajstić information content (AvgIpc) is 1.78. The van der Waals surface area contributed by atoms with Crippen molar-refractivity contribution in [3.05, 3.63) is 12.1 Å². The molecule has 3 N–H and O–H groups in total. The molecule has 0 heterocycles. The molecule has 0 aliphatic rings. The predicted octanol–water partition coefficient (Wildman–Crippen LogP) is -3.29. The van der Waals surface area contributed by atoms with Gasteiger partial charge in [-0.05, 0) is 0 Å². The van der Waals surface area contributed by atoms with Crippen LogP contribution in [0.5, 0.6) is 17.2 Å². The maximum atomic E-state index is 10.4. The minimum Gasteiger partial charge on any atom is -0.744 e. The molecule has 0 aromatic heterocycles. The zero-order chi connectivity index (χ0) is 10.2. The zero-order valence-corrected chi connectivity index (χ0v) is 11.1. The average molecular weight is 244 g/mol. The van der Waals surface area contributed by atoms with Gasteiger partial charge in [0.15, 0.2) is 0 Å². The molecule has 0 saturated heterocycles. The van der Waals surface area contributed by atoms with Gasteiger partial charge in [-0.2, -0.15) is 0 Å². The molecule has 0 saturated carbocycles. The second-order valence-corrected chi connectivity index (χ2v) is 3.58. The minimum atomic E-state index is -4.94. The van der Waals surface area contributed by atoms with Crippen LogP contribution in [0.3, 0.4) is 0 Å². The van der Waals surface area contributed by atoms with E-state index in [1.165, 1.54) is 0 Å². The summed E-state index contributed by atoms with van der Waals surface area (Å²) in [5.41, 5.74) is 0. The van der Waals surface area contributed by atoms with Gasteiger partial charge in [-0.1, -0.05) is 0 Å². The summed E-state index contributed by atoms with van der Waals surface area (Å²) in [5, 5.41) is 26.6. The van der Waals surface area contributed by atoms with Crippen molar-refractivity contribution in [2.24, 2.45) is 0 Å². The summed E-state index contributed by atoms with van der Waals surface area (Å²) < 4.78 is 31.3. The molecule has 0 amide bonds. The number of aromatic hydroxyl groups is 3. The Kier molecular flexibility index (Phi) is 4.85. The summed E-state index contributed by atoms with van der Waals surface area (Å²) in [6, 6.07) is 1.29. The summed E-state index contributed by atoms with van der Waals surface area (Å²) in [4.78, 5) is -1.13. The Morgan fingerprint density at radius 1 is 1.07 bits per heavy atom. The maximum Gasteiger partial charge on any atom is 1.00 e. The Morgan fingerprint density at radius 2 is 1.43 bits per heavy atom. The molecule has 0 aliphatic heterocycles. The molecule has 1 aromatic carbocycles. The van der Waals surface area contributed by atoms with Crippen LogP contribution >= 0.6 is 0 Å². The fourth-order valence-electron chi connectivity index (χ4n) is 0.840. The van der Waals surface area contributed by atoms with Crippen LogP contribution in [-0.4, -0.2) is 28.3 Å². The Bertz CT molecular complexity index is 417. The van der Waals surface area contributed by atoms with Gasteiger partial charge in [0, 0.05) is 12.1 Å². The normalized spacial score (nSPS) is 10.6. The van der Waals surface area contributed by atoms with E-state index >= 15 is 0 Å². The summed E-state index contributed by atoms with van der Waals surface area (Å²) in [7, 11) is -4.94. The van der Waals surface area contributed by atoms with Gasteiger partial charge in [0.1, 0.15) is 32.3 Å². The number of rotatable bonds is 1. The van der Waals surface area contributed by atoms with Crippen molar-refractivity contribution in [2.75, 3.05) is 0 Å². The van der Waals surface area contributed by atoms with Crippen LogP contribution in [0.25, 0.3) is 0 Å². The Balaban J connectivity index is 0.00000169. The van der Waals surface area contributed by atoms with Crippen molar-refractivity contribution in [3.8, 4) is 17.2 Å². The van der Waals surface area contributed by atoms with Crippen LogP contribution in [0.2, 0.25) is 0 Å². The van der Waals surface area contributed by atoms with Gasteiger partial charge in [-0.25, -0.2) is 8.42 Å². The third kappa shape index (κ3) is 3.09. The Hall–Kier alpha value is 0.166. The van der Waals surface area contributed by atoms with Gasteiger partial charge in [0.2, 0.25) is 0 Å². The molecule has 14 heavy (non-hydrogen) atoms. The number of hydrogen-bond acceptors (Lipinski definition) is 6. The van der Waals surface area contributed by atoms with E-state index in [0.29, 0.717) is 12.1 Å². The molecule has 1 aromatic rings. The summed E-state index contributed by atoms with van der Waals surface area (Å²) in [6.07, 6.45) is 0. The first-order chi connectivity index (χ1) is 5.82. The van der Waals surface area contributed by atoms with E-state index in [1.54, 1.807) is 0 Å². The van der Waals surface area contributed by atoms with Crippen molar-refractivity contribution in [1.82, 2.24) is 0 Å². The van der Waals surface area contributed by atoms with Gasteiger partial charge < -0.3 is 19.9 Å². The Labute approximate surface area is 122 Å². The van der Waals surface area contributed by atoms with Gasteiger partial charge in [-0.15, -0.1) is 0 Å². The third-order valence-electron chi connectivity index (χ3n) is 1.28. The molecule has 8 heteroatoms. The molecule has 0 radical (unpaired) electrons. The molecular weight excluding hydrogens is 239 g/mol. The third-order valence-corrected chi connectivity index (χ3v) is 2.20. The second kappa shape index (κ2) is 4.79. The summed E-state index contributed by atoms with van der Waals surface area (Å²) in [5.74, 6) is -2.50. The van der Waals surface area contributed by atoms with Crippen LogP contribution in [0, 0.1) is 0 Å². The van der Waals surface area contributed by atoms with Gasteiger partial charge in [-0.3, -0.25) is 0 Å². The quantitative estimate of drug-likeness (QED) is 0.352. The van der Waals surface area contributed by atoms with E-state index in [0.717, 1.165) is 0 Å². The predicted molar refractivity (Wildman–Crippen MR) is 39.4 cm³/mol. The summed E-state index contributed by atoms with van der Waals surface area (Å²) >= 11 is 0. The number of hydrogen-bond donors (Lipinski definition) is 3. The van der Waals surface area contributed by atoms with Crippen LogP contribution < -0.4 is 51.4 Å². The zero-order valence-electron chi connectivity index (χ0n) is 7.13. The van der Waals surface area contributed by atoms with Gasteiger partial charge >= 0.3 is 51.4 Å². The van der Waals surface area contributed by atoms with E-state index in [9.17, 15) is 13.0 Å². The largest absolute Gasteiger partial charge is 1.00 e. The topological polar surface area (TPSA) is 118 Å². The number of phenolic OH excluding ortho intramolecular Hbond substituents is 3. The molecule has 0 fully saturated rings. The van der Waals surface area contributed by atoms with Crippen LogP contribution in [-0.2, 0) is 10.1 Å². The first kappa shape index (κ1) is 14.2. The standard InChI is InChI=1S/C6H6O6S.K/c7-3-1-4(8)6(5(9)2-3)13(10,11)12;/h1-2,7-9H,(H,10,11,12);/q;+1/p-1. The molecule has 0 unspecified atom stereocenters. The van der Waals surface area contributed by atoms with E-state index < -0.39 is 32.3 Å². The molecule has 0 aliphatic carbocycles. The van der Waals surface area contributed by atoms with E-state index in [1.807, 2.05) is 0 Å². The van der Waals surface area contributed by atoms with Crippen molar-refractivity contribution in [2.45, 2.75) is 4.90 Å². The first-order valence-corrected chi connectivity index (χ1v) is 4.44. The van der Waals surface area contributed by atoms with Crippen LogP contribution in [0.15, 0.2) is 17.0 Å². The fraction of sp³-hybridized carbons (Fsp3) is 0. The van der Waals surface area contributed by atoms with Crippen LogP contribution in [0.1, 0.15) is 0 Å². The molecule has 0 spiro atoms. The monoisotopic (exact) mass is 244 g/mol. The van der Waals surface area contributed by atoms with Crippen molar-refractivity contribution in [3.63, 3.8) is 0 Å². The molecule has 0 atom stereocenters. The van der Waals surface area contributed by atoms with Crippen molar-refractivity contribution >= 4 is 10.1 Å². The minimum absolute atomic E-state index is 0. The molecule has 6 nitrogen and oxygen atoms in total. The van der Waals surface area contributed by atoms with E-state index in [-0.39, 0.29) is 51.4 Å². The maximum absolute atomic E-state index is 10.4. The number of phenols is 3. The second-order valence-electron chi connectivity index (χ2n) is 2.27. The molecule has 0 bridgehead atoms. The van der Waals surface area contributed by atoms with Gasteiger partial charge in [0.05, 0.1) is 0 Å². The van der Waals surface area contributed by atoms with Gasteiger partial charge in [0.25, 0.3) is 0 Å². The number of benzene rings is 1. The van der Waals surface area contributed by atoms with Crippen molar-refractivity contribution in [1.29, 1.82) is 0 Å². The molecule has 72 valence electrons. The smallest absolute Gasteiger partial charge is 0.744 e. The van der Waals surface area contributed by atoms with E-state index in [4.69, 9.17) is 15.3 Å². The molecule has 1 rings (SSSR count). The SMILES string of the molecule is O=S(=O)([O-])c1c(O)cc(O)cc1O.[K+]. The first-order valence-electron chi connectivity index (χ1n) is 3.03. The van der Waals surface area contributed by atoms with Crippen LogP contribution in [0.4, 0.5) is 0 Å². The molecular formula is C6H5KO6S. The van der Waals surface area contributed by atoms with Crippen molar-refractivity contribution < 1.29 is 79.7 Å². The van der Waals surface area contributed by atoms with E-state index in [2.05, 4.69) is 0 Å².